The highest BCUT2D eigenvalue weighted by Crippen LogP contribution is 2.21. The largest absolute Gasteiger partial charge is 0.397 e. The van der Waals surface area contributed by atoms with E-state index in [1.54, 1.807) is 6.07 Å². The zero-order valence-electron chi connectivity index (χ0n) is 8.01. The van der Waals surface area contributed by atoms with Gasteiger partial charge in [-0.15, -0.1) is 0 Å². The van der Waals surface area contributed by atoms with Gasteiger partial charge < -0.3 is 16.8 Å². The monoisotopic (exact) mass is 201 g/mol. The van der Waals surface area contributed by atoms with E-state index in [-0.39, 0.29) is 0 Å². The third-order valence-corrected chi connectivity index (χ3v) is 1.91. The number of benzene rings is 1. The van der Waals surface area contributed by atoms with Crippen LogP contribution in [0.25, 0.3) is 0 Å². The van der Waals surface area contributed by atoms with Crippen molar-refractivity contribution in [2.24, 2.45) is 0 Å². The average molecular weight is 201 g/mol. The Morgan fingerprint density at radius 2 is 1.87 bits per heavy atom. The van der Waals surface area contributed by atoms with E-state index in [1.807, 2.05) is 24.3 Å². The molecule has 15 heavy (non-hydrogen) atoms. The Labute approximate surface area is 87.2 Å². The van der Waals surface area contributed by atoms with Gasteiger partial charge in [-0.2, -0.15) is 0 Å². The van der Waals surface area contributed by atoms with E-state index in [2.05, 4.69) is 15.3 Å². The molecule has 1 heterocycles. The van der Waals surface area contributed by atoms with Crippen molar-refractivity contribution in [3.63, 3.8) is 0 Å². The molecule has 0 bridgehead atoms. The summed E-state index contributed by atoms with van der Waals surface area (Å²) in [6.45, 7) is 0. The molecule has 76 valence electrons. The van der Waals surface area contributed by atoms with Crippen LogP contribution >= 0.6 is 0 Å². The summed E-state index contributed by atoms with van der Waals surface area (Å²) in [5, 5.41) is 3.06. The summed E-state index contributed by atoms with van der Waals surface area (Å²) in [7, 11) is 0. The predicted octanol–water partition coefficient (Wildman–Crippen LogP) is 1.38. The summed E-state index contributed by atoms with van der Waals surface area (Å²) in [6.07, 6.45) is 1.40. The van der Waals surface area contributed by atoms with Crippen molar-refractivity contribution in [3.05, 3.63) is 36.7 Å². The van der Waals surface area contributed by atoms with E-state index >= 15 is 0 Å². The van der Waals surface area contributed by atoms with Crippen LogP contribution in [0.3, 0.4) is 0 Å². The molecule has 0 radical (unpaired) electrons. The molecule has 1 aromatic heterocycles. The number of aromatic nitrogens is 2. The molecule has 5 N–H and O–H groups in total. The van der Waals surface area contributed by atoms with Crippen LogP contribution in [-0.4, -0.2) is 9.97 Å². The Kier molecular flexibility index (Phi) is 2.37. The molecule has 0 saturated heterocycles. The molecular formula is C10H11N5. The van der Waals surface area contributed by atoms with Crippen LogP contribution in [0.4, 0.5) is 23.0 Å². The molecule has 0 atom stereocenters. The Morgan fingerprint density at radius 1 is 1.07 bits per heavy atom. The van der Waals surface area contributed by atoms with Crippen molar-refractivity contribution in [1.82, 2.24) is 9.97 Å². The zero-order chi connectivity index (χ0) is 10.7. The highest BCUT2D eigenvalue weighted by molar-refractivity contribution is 5.71. The van der Waals surface area contributed by atoms with Crippen molar-refractivity contribution in [3.8, 4) is 0 Å². The quantitative estimate of drug-likeness (QED) is 0.639. The second-order valence-electron chi connectivity index (χ2n) is 3.04. The Bertz CT molecular complexity index is 469. The lowest BCUT2D eigenvalue weighted by Gasteiger charge is -2.07. The molecule has 2 rings (SSSR count). The molecule has 0 spiro atoms. The van der Waals surface area contributed by atoms with Crippen LogP contribution in [0, 0.1) is 0 Å². The maximum atomic E-state index is 5.77. The van der Waals surface area contributed by atoms with E-state index in [0.717, 1.165) is 5.69 Å². The molecule has 0 fully saturated rings. The average Bonchev–Trinajstić information content (AvgIpc) is 2.22. The van der Waals surface area contributed by atoms with Gasteiger partial charge >= 0.3 is 0 Å². The third kappa shape index (κ3) is 2.14. The van der Waals surface area contributed by atoms with Crippen LogP contribution in [0.1, 0.15) is 0 Å². The standard InChI is InChI=1S/C10H11N5/c11-7-3-1-2-4-8(7)15-10-5-9(12)13-6-14-10/h1-6H,11H2,(H3,12,13,14,15). The predicted molar refractivity (Wildman–Crippen MR) is 60.6 cm³/mol. The van der Waals surface area contributed by atoms with E-state index in [9.17, 15) is 0 Å². The number of nitrogens with one attached hydrogen (secondary N) is 1. The maximum Gasteiger partial charge on any atom is 0.135 e. The first-order chi connectivity index (χ1) is 7.25. The molecule has 1 aromatic carbocycles. The van der Waals surface area contributed by atoms with Crippen LogP contribution in [0.15, 0.2) is 36.7 Å². The lowest BCUT2D eigenvalue weighted by Crippen LogP contribution is -1.99. The van der Waals surface area contributed by atoms with Gasteiger partial charge in [0.15, 0.2) is 0 Å². The molecule has 5 heteroatoms. The first-order valence-electron chi connectivity index (χ1n) is 4.45. The summed E-state index contributed by atoms with van der Waals surface area (Å²) in [4.78, 5) is 7.82. The van der Waals surface area contributed by atoms with E-state index in [4.69, 9.17) is 11.5 Å². The minimum Gasteiger partial charge on any atom is -0.397 e. The second kappa shape index (κ2) is 3.83. The van der Waals surface area contributed by atoms with Crippen LogP contribution in [0.5, 0.6) is 0 Å². The normalized spacial score (nSPS) is 9.87. The first-order valence-corrected chi connectivity index (χ1v) is 4.45. The molecular weight excluding hydrogens is 190 g/mol. The van der Waals surface area contributed by atoms with Gasteiger partial charge in [0.1, 0.15) is 18.0 Å². The Morgan fingerprint density at radius 3 is 2.60 bits per heavy atom. The summed E-state index contributed by atoms with van der Waals surface area (Å²) >= 11 is 0. The SMILES string of the molecule is Nc1cc(Nc2ccccc2N)ncn1. The van der Waals surface area contributed by atoms with Crippen molar-refractivity contribution >= 4 is 23.0 Å². The van der Waals surface area contributed by atoms with E-state index < -0.39 is 0 Å². The van der Waals surface area contributed by atoms with Gasteiger partial charge in [-0.1, -0.05) is 12.1 Å². The van der Waals surface area contributed by atoms with Gasteiger partial charge in [-0.25, -0.2) is 9.97 Å². The third-order valence-electron chi connectivity index (χ3n) is 1.91. The van der Waals surface area contributed by atoms with E-state index in [0.29, 0.717) is 17.3 Å². The number of nitrogens with zero attached hydrogens (tertiary/aromatic N) is 2. The number of anilines is 4. The fourth-order valence-electron chi connectivity index (χ4n) is 1.19. The summed E-state index contributed by atoms with van der Waals surface area (Å²) in [6, 6.07) is 9.09. The number of hydrogen-bond acceptors (Lipinski definition) is 5. The number of nitrogens with two attached hydrogens (primary N) is 2. The minimum absolute atomic E-state index is 0.419. The Balaban J connectivity index is 2.26. The maximum absolute atomic E-state index is 5.77. The lowest BCUT2D eigenvalue weighted by atomic mass is 10.3. The van der Waals surface area contributed by atoms with Gasteiger partial charge in [0.05, 0.1) is 11.4 Å². The second-order valence-corrected chi connectivity index (χ2v) is 3.04. The number of nitrogen functional groups attached to an aromatic ring is 2. The van der Waals surface area contributed by atoms with Crippen molar-refractivity contribution in [2.45, 2.75) is 0 Å². The van der Waals surface area contributed by atoms with Gasteiger partial charge in [-0.05, 0) is 12.1 Å². The van der Waals surface area contributed by atoms with Crippen LogP contribution in [0.2, 0.25) is 0 Å². The molecule has 2 aromatic rings. The summed E-state index contributed by atoms with van der Waals surface area (Å²) < 4.78 is 0. The first kappa shape index (κ1) is 9.26. The summed E-state index contributed by atoms with van der Waals surface area (Å²) in [5.74, 6) is 1.04. The smallest absolute Gasteiger partial charge is 0.135 e. The number of para-hydroxylation sites is 2. The molecule has 0 aliphatic rings. The van der Waals surface area contributed by atoms with Gasteiger partial charge in [0.2, 0.25) is 0 Å². The number of rotatable bonds is 2. The molecule has 0 amide bonds. The highest BCUT2D eigenvalue weighted by atomic mass is 15.0. The van der Waals surface area contributed by atoms with Crippen molar-refractivity contribution in [2.75, 3.05) is 16.8 Å². The highest BCUT2D eigenvalue weighted by Gasteiger charge is 1.99. The fraction of sp³-hybridized carbons (Fsp3) is 0. The number of hydrogen-bond donors (Lipinski definition) is 3. The molecule has 0 aliphatic carbocycles. The van der Waals surface area contributed by atoms with Gasteiger partial charge in [-0.3, -0.25) is 0 Å². The van der Waals surface area contributed by atoms with Crippen LogP contribution < -0.4 is 16.8 Å². The topological polar surface area (TPSA) is 89.8 Å². The Hall–Kier alpha value is -2.30. The molecule has 0 saturated carbocycles. The molecule has 0 aliphatic heterocycles. The van der Waals surface area contributed by atoms with E-state index in [1.165, 1.54) is 6.33 Å². The molecule has 5 nitrogen and oxygen atoms in total. The molecule has 0 unspecified atom stereocenters. The van der Waals surface area contributed by atoms with Crippen molar-refractivity contribution < 1.29 is 0 Å². The lowest BCUT2D eigenvalue weighted by molar-refractivity contribution is 1.18. The van der Waals surface area contributed by atoms with Crippen molar-refractivity contribution in [1.29, 1.82) is 0 Å². The fourth-order valence-corrected chi connectivity index (χ4v) is 1.19. The van der Waals surface area contributed by atoms with Gasteiger partial charge in [0, 0.05) is 6.07 Å². The van der Waals surface area contributed by atoms with Crippen LogP contribution in [-0.2, 0) is 0 Å². The van der Waals surface area contributed by atoms with Gasteiger partial charge in [0.25, 0.3) is 0 Å². The summed E-state index contributed by atoms with van der Waals surface area (Å²) in [5.41, 5.74) is 12.8. The zero-order valence-corrected chi connectivity index (χ0v) is 8.01. The minimum atomic E-state index is 0.419.